The Bertz CT molecular complexity index is 1560. The molecule has 0 aliphatic heterocycles. The number of methoxy groups -OCH3 is 2. The van der Waals surface area contributed by atoms with Crippen molar-refractivity contribution in [3.8, 4) is 23.8 Å². The van der Waals surface area contributed by atoms with Crippen molar-refractivity contribution in [1.82, 2.24) is 20.3 Å². The van der Waals surface area contributed by atoms with Crippen LogP contribution >= 0.6 is 0 Å². The largest absolute Gasteiger partial charge is 0.495 e. The van der Waals surface area contributed by atoms with Crippen molar-refractivity contribution in [2.75, 3.05) is 18.9 Å². The van der Waals surface area contributed by atoms with Crippen molar-refractivity contribution in [2.45, 2.75) is 24.9 Å². The van der Waals surface area contributed by atoms with Crippen molar-refractivity contribution in [3.63, 3.8) is 0 Å². The van der Waals surface area contributed by atoms with Crippen LogP contribution in [0.25, 0.3) is 11.0 Å². The van der Waals surface area contributed by atoms with Crippen LogP contribution < -0.4 is 19.5 Å². The molecule has 2 aromatic heterocycles. The molecule has 4 aromatic rings. The van der Waals surface area contributed by atoms with E-state index in [-0.39, 0.29) is 28.8 Å². The summed E-state index contributed by atoms with van der Waals surface area (Å²) >= 11 is 0. The Kier molecular flexibility index (Phi) is 6.84. The lowest BCUT2D eigenvalue weighted by Gasteiger charge is -2.14. The van der Waals surface area contributed by atoms with E-state index < -0.39 is 15.9 Å². The topological polar surface area (TPSA) is 138 Å². The molecule has 0 fully saturated rings. The first-order chi connectivity index (χ1) is 17.2. The quantitative estimate of drug-likeness (QED) is 0.328. The first-order valence-electron chi connectivity index (χ1n) is 10.6. The third kappa shape index (κ3) is 4.96. The number of sulfonamides is 1. The maximum atomic E-state index is 13.2. The summed E-state index contributed by atoms with van der Waals surface area (Å²) < 4.78 is 46.6. The van der Waals surface area contributed by atoms with Crippen LogP contribution in [-0.4, -0.2) is 43.5 Å². The molecule has 0 saturated carbocycles. The smallest absolute Gasteiger partial charge is 0.295 e. The number of fused-ring (bicyclic) bond motifs is 1. The van der Waals surface area contributed by atoms with Crippen LogP contribution in [-0.2, 0) is 27.9 Å². The molecule has 0 saturated heterocycles. The van der Waals surface area contributed by atoms with Gasteiger partial charge in [-0.25, -0.2) is 8.42 Å². The molecule has 186 valence electrons. The molecule has 4 rings (SSSR count). The van der Waals surface area contributed by atoms with Crippen molar-refractivity contribution >= 4 is 32.7 Å². The Hall–Kier alpha value is -4.50. The van der Waals surface area contributed by atoms with Gasteiger partial charge in [0.25, 0.3) is 15.9 Å². The van der Waals surface area contributed by atoms with Crippen LogP contribution in [0.4, 0.5) is 5.82 Å². The van der Waals surface area contributed by atoms with Crippen LogP contribution in [0.3, 0.4) is 0 Å². The summed E-state index contributed by atoms with van der Waals surface area (Å²) in [4.78, 5) is 11.1. The first kappa shape index (κ1) is 24.6. The van der Waals surface area contributed by atoms with E-state index in [4.69, 9.17) is 20.4 Å². The van der Waals surface area contributed by atoms with Crippen molar-refractivity contribution < 1.29 is 27.2 Å². The first-order valence-corrected chi connectivity index (χ1v) is 12.1. The van der Waals surface area contributed by atoms with Gasteiger partial charge in [0.2, 0.25) is 0 Å². The molecule has 0 radical (unpaired) electrons. The van der Waals surface area contributed by atoms with Gasteiger partial charge in [0.05, 0.1) is 32.3 Å². The minimum absolute atomic E-state index is 0.0487. The highest BCUT2D eigenvalue weighted by Gasteiger charge is 2.27. The summed E-state index contributed by atoms with van der Waals surface area (Å²) in [5, 5.41) is 11.4. The molecule has 0 aliphatic carbocycles. The van der Waals surface area contributed by atoms with Gasteiger partial charge in [-0.15, -0.1) is 6.42 Å². The Balaban J connectivity index is 1.59. The second-order valence-corrected chi connectivity index (χ2v) is 9.41. The normalized spacial score (nSPS) is 11.2. The zero-order valence-electron chi connectivity index (χ0n) is 19.7. The van der Waals surface area contributed by atoms with Gasteiger partial charge in [-0.3, -0.25) is 14.2 Å². The number of terminal acetylenes is 1. The molecule has 2 N–H and O–H groups in total. The summed E-state index contributed by atoms with van der Waals surface area (Å²) in [6.45, 7) is 2.51. The summed E-state index contributed by atoms with van der Waals surface area (Å²) in [6.07, 6.45) is 8.47. The van der Waals surface area contributed by atoms with Gasteiger partial charge in [-0.05, 0) is 42.2 Å². The molecule has 0 spiro atoms. The highest BCUT2D eigenvalue weighted by Crippen LogP contribution is 2.36. The van der Waals surface area contributed by atoms with Crippen molar-refractivity contribution in [2.24, 2.45) is 0 Å². The highest BCUT2D eigenvalue weighted by atomic mass is 32.2. The second kappa shape index (κ2) is 10.0. The number of anilines is 1. The van der Waals surface area contributed by atoms with Crippen LogP contribution in [0.1, 0.15) is 16.7 Å². The zero-order valence-corrected chi connectivity index (χ0v) is 20.5. The predicted molar refractivity (Wildman–Crippen MR) is 131 cm³/mol. The monoisotopic (exact) mass is 509 g/mol. The molecule has 0 aliphatic rings. The maximum Gasteiger partial charge on any atom is 0.295 e. The number of nitrogens with one attached hydrogen (secondary N) is 2. The standard InChI is InChI=1S/C24H23N5O6S/c1-5-21(30)25-11-17-12-26-29(14-17)13-16-9-15(2)22-20(10-16)35-27-24(22)28-36(31,32)23-18(33-3)7-6-8-19(23)34-4/h1,6-10,12,14H,11,13H2,2-4H3,(H,25,30)(H,27,28). The number of ether oxygens (including phenoxy) is 2. The van der Waals surface area contributed by atoms with Gasteiger partial charge in [0, 0.05) is 18.3 Å². The fraction of sp³-hybridized carbons (Fsp3) is 0.208. The van der Waals surface area contributed by atoms with Crippen LogP contribution in [0.2, 0.25) is 0 Å². The third-order valence-corrected chi connectivity index (χ3v) is 6.73. The highest BCUT2D eigenvalue weighted by molar-refractivity contribution is 7.93. The average Bonchev–Trinajstić information content (AvgIpc) is 3.48. The number of hydrogen-bond donors (Lipinski definition) is 2. The number of amides is 1. The van der Waals surface area contributed by atoms with E-state index in [0.717, 1.165) is 16.7 Å². The number of nitrogens with zero attached hydrogens (tertiary/aromatic N) is 3. The number of hydrogen-bond acceptors (Lipinski definition) is 8. The molecular weight excluding hydrogens is 486 g/mol. The number of aromatic nitrogens is 3. The molecule has 0 atom stereocenters. The van der Waals surface area contributed by atoms with Gasteiger partial charge >= 0.3 is 0 Å². The Morgan fingerprint density at radius 3 is 2.58 bits per heavy atom. The van der Waals surface area contributed by atoms with E-state index in [0.29, 0.717) is 17.5 Å². The Morgan fingerprint density at radius 1 is 1.19 bits per heavy atom. The number of rotatable bonds is 9. The molecule has 11 nitrogen and oxygen atoms in total. The van der Waals surface area contributed by atoms with E-state index in [2.05, 4.69) is 20.3 Å². The molecule has 12 heteroatoms. The summed E-state index contributed by atoms with van der Waals surface area (Å²) in [7, 11) is -1.37. The fourth-order valence-electron chi connectivity index (χ4n) is 3.77. The molecule has 0 unspecified atom stereocenters. The number of carbonyl (C=O) groups excluding carboxylic acids is 1. The maximum absolute atomic E-state index is 13.2. The summed E-state index contributed by atoms with van der Waals surface area (Å²) in [5.74, 6) is 1.81. The molecule has 2 aromatic carbocycles. The fourth-order valence-corrected chi connectivity index (χ4v) is 5.10. The lowest BCUT2D eigenvalue weighted by atomic mass is 10.1. The molecule has 36 heavy (non-hydrogen) atoms. The molecular formula is C24H23N5O6S. The number of carbonyl (C=O) groups is 1. The van der Waals surface area contributed by atoms with Gasteiger partial charge in [-0.1, -0.05) is 17.3 Å². The number of benzene rings is 2. The lowest BCUT2D eigenvalue weighted by molar-refractivity contribution is -0.115. The second-order valence-electron chi connectivity index (χ2n) is 7.79. The minimum Gasteiger partial charge on any atom is -0.495 e. The SMILES string of the molecule is C#CC(=O)NCc1cnn(Cc2cc(C)c3c(NS(=O)(=O)c4c(OC)cccc4OC)noc3c2)c1. The summed E-state index contributed by atoms with van der Waals surface area (Å²) in [6, 6.07) is 8.34. The zero-order chi connectivity index (χ0) is 25.9. The van der Waals surface area contributed by atoms with E-state index in [9.17, 15) is 13.2 Å². The molecule has 1 amide bonds. The average molecular weight is 510 g/mol. The lowest BCUT2D eigenvalue weighted by Crippen LogP contribution is -2.20. The van der Waals surface area contributed by atoms with Gasteiger partial charge < -0.3 is 19.3 Å². The van der Waals surface area contributed by atoms with Gasteiger partial charge in [0.15, 0.2) is 16.3 Å². The van der Waals surface area contributed by atoms with Crippen LogP contribution in [0.15, 0.2) is 52.1 Å². The third-order valence-electron chi connectivity index (χ3n) is 5.33. The van der Waals surface area contributed by atoms with Gasteiger partial charge in [-0.2, -0.15) is 5.10 Å². The molecule has 2 heterocycles. The number of aryl methyl sites for hydroxylation is 1. The minimum atomic E-state index is -4.13. The Labute approximate surface area is 207 Å². The predicted octanol–water partition coefficient (Wildman–Crippen LogP) is 2.45. The van der Waals surface area contributed by atoms with E-state index >= 15 is 0 Å². The molecule has 0 bridgehead atoms. The van der Waals surface area contributed by atoms with E-state index in [1.54, 1.807) is 29.2 Å². The van der Waals surface area contributed by atoms with E-state index in [1.807, 2.05) is 18.9 Å². The summed E-state index contributed by atoms with van der Waals surface area (Å²) in [5.41, 5.74) is 2.81. The van der Waals surface area contributed by atoms with Gasteiger partial charge in [0.1, 0.15) is 11.5 Å². The van der Waals surface area contributed by atoms with Crippen LogP contribution in [0.5, 0.6) is 11.5 Å². The van der Waals surface area contributed by atoms with E-state index in [1.165, 1.54) is 26.4 Å². The van der Waals surface area contributed by atoms with Crippen LogP contribution in [0, 0.1) is 19.3 Å². The van der Waals surface area contributed by atoms with Crippen molar-refractivity contribution in [1.29, 1.82) is 0 Å². The van der Waals surface area contributed by atoms with Crippen molar-refractivity contribution in [3.05, 3.63) is 59.4 Å². The Morgan fingerprint density at radius 2 is 1.92 bits per heavy atom.